The van der Waals surface area contributed by atoms with Gasteiger partial charge in [0, 0.05) is 19.3 Å². The van der Waals surface area contributed by atoms with Crippen LogP contribution in [0.4, 0.5) is 0 Å². The van der Waals surface area contributed by atoms with E-state index in [1.807, 2.05) is 6.92 Å². The highest BCUT2D eigenvalue weighted by atomic mass is 16.4. The normalized spacial score (nSPS) is 17.4. The molecule has 0 radical (unpaired) electrons. The van der Waals surface area contributed by atoms with Crippen molar-refractivity contribution in [3.63, 3.8) is 0 Å². The van der Waals surface area contributed by atoms with Gasteiger partial charge in [-0.05, 0) is 25.2 Å². The Morgan fingerprint density at radius 3 is 2.57 bits per heavy atom. The van der Waals surface area contributed by atoms with E-state index in [4.69, 9.17) is 5.11 Å². The summed E-state index contributed by atoms with van der Waals surface area (Å²) in [6.45, 7) is 2.27. The number of carbonyl (C=O) groups excluding carboxylic acids is 1. The number of carboxylic acids is 1. The molecule has 6 heteroatoms. The van der Waals surface area contributed by atoms with Crippen molar-refractivity contribution in [3.8, 4) is 0 Å². The zero-order chi connectivity index (χ0) is 15.5. The van der Waals surface area contributed by atoms with Gasteiger partial charge in [-0.3, -0.25) is 14.3 Å². The first-order chi connectivity index (χ1) is 9.93. The molecule has 0 aliphatic heterocycles. The van der Waals surface area contributed by atoms with E-state index in [2.05, 4.69) is 10.4 Å². The van der Waals surface area contributed by atoms with Crippen molar-refractivity contribution in [2.75, 3.05) is 6.54 Å². The Hall–Kier alpha value is -1.85. The predicted octanol–water partition coefficient (Wildman–Crippen LogP) is 1.88. The minimum Gasteiger partial charge on any atom is -0.481 e. The summed E-state index contributed by atoms with van der Waals surface area (Å²) < 4.78 is 1.66. The summed E-state index contributed by atoms with van der Waals surface area (Å²) in [5.41, 5.74) is 1.07. The first kappa shape index (κ1) is 15.5. The summed E-state index contributed by atoms with van der Waals surface area (Å²) in [6.07, 6.45) is 6.63. The summed E-state index contributed by atoms with van der Waals surface area (Å²) >= 11 is 0. The maximum atomic E-state index is 12.2. The summed E-state index contributed by atoms with van der Waals surface area (Å²) in [4.78, 5) is 23.4. The van der Waals surface area contributed by atoms with E-state index in [0.29, 0.717) is 12.1 Å². The molecule has 0 bridgehead atoms. The molecular formula is C15H23N3O3. The third-order valence-electron chi connectivity index (χ3n) is 4.54. The van der Waals surface area contributed by atoms with E-state index in [9.17, 15) is 9.59 Å². The van der Waals surface area contributed by atoms with Crippen LogP contribution in [0.25, 0.3) is 0 Å². The molecule has 1 aliphatic rings. The summed E-state index contributed by atoms with van der Waals surface area (Å²) in [6, 6.07) is 0. The first-order valence-electron chi connectivity index (χ1n) is 7.42. The highest BCUT2D eigenvalue weighted by Gasteiger charge is 2.35. The molecule has 1 aliphatic carbocycles. The number of nitrogens with zero attached hydrogens (tertiary/aromatic N) is 2. The van der Waals surface area contributed by atoms with Gasteiger partial charge in [0.25, 0.3) is 5.91 Å². The quantitative estimate of drug-likeness (QED) is 0.868. The maximum absolute atomic E-state index is 12.2. The number of aromatic nitrogens is 2. The van der Waals surface area contributed by atoms with E-state index in [-0.39, 0.29) is 17.7 Å². The molecule has 2 rings (SSSR count). The number of carbonyl (C=O) groups is 2. The lowest BCUT2D eigenvalue weighted by atomic mass is 9.71. The number of amides is 1. The van der Waals surface area contributed by atoms with E-state index in [0.717, 1.165) is 37.8 Å². The van der Waals surface area contributed by atoms with Crippen LogP contribution in [0.2, 0.25) is 0 Å². The molecule has 0 saturated heterocycles. The van der Waals surface area contributed by atoms with Crippen LogP contribution in [0.5, 0.6) is 0 Å². The highest BCUT2D eigenvalue weighted by molar-refractivity contribution is 5.95. The van der Waals surface area contributed by atoms with Crippen molar-refractivity contribution < 1.29 is 14.7 Å². The average molecular weight is 293 g/mol. The fraction of sp³-hybridized carbons (Fsp3) is 0.667. The number of carboxylic acid groups (broad SMARTS) is 1. The van der Waals surface area contributed by atoms with Gasteiger partial charge in [-0.25, -0.2) is 0 Å². The Morgan fingerprint density at radius 1 is 1.38 bits per heavy atom. The Bertz CT molecular complexity index is 530. The van der Waals surface area contributed by atoms with Crippen LogP contribution >= 0.6 is 0 Å². The largest absolute Gasteiger partial charge is 0.481 e. The molecule has 21 heavy (non-hydrogen) atoms. The lowest BCUT2D eigenvalue weighted by Crippen LogP contribution is -2.40. The van der Waals surface area contributed by atoms with Crippen molar-refractivity contribution in [1.82, 2.24) is 15.1 Å². The SMILES string of the molecule is Cc1c(C(=O)NCC2(CC(=O)O)CCCCC2)cnn1C. The molecule has 1 fully saturated rings. The summed E-state index contributed by atoms with van der Waals surface area (Å²) in [7, 11) is 1.79. The summed E-state index contributed by atoms with van der Waals surface area (Å²) in [5, 5.41) is 16.1. The van der Waals surface area contributed by atoms with Gasteiger partial charge in [-0.15, -0.1) is 0 Å². The number of aliphatic carboxylic acids is 1. The fourth-order valence-electron chi connectivity index (χ4n) is 3.12. The maximum Gasteiger partial charge on any atom is 0.303 e. The standard InChI is InChI=1S/C15H23N3O3/c1-11-12(9-17-18(11)2)14(21)16-10-15(8-13(19)20)6-4-3-5-7-15/h9H,3-8,10H2,1-2H3,(H,16,21)(H,19,20). The summed E-state index contributed by atoms with van der Waals surface area (Å²) in [5.74, 6) is -0.959. The molecule has 1 aromatic heterocycles. The molecule has 0 atom stereocenters. The number of rotatable bonds is 5. The minimum atomic E-state index is -0.788. The number of aryl methyl sites for hydroxylation is 1. The number of hydrogen-bond acceptors (Lipinski definition) is 3. The molecule has 1 aromatic rings. The van der Waals surface area contributed by atoms with Crippen LogP contribution in [0, 0.1) is 12.3 Å². The second-order valence-electron chi connectivity index (χ2n) is 6.08. The van der Waals surface area contributed by atoms with Crippen molar-refractivity contribution in [3.05, 3.63) is 17.5 Å². The molecule has 1 saturated carbocycles. The van der Waals surface area contributed by atoms with Crippen molar-refractivity contribution >= 4 is 11.9 Å². The molecular weight excluding hydrogens is 270 g/mol. The Morgan fingerprint density at radius 2 is 2.05 bits per heavy atom. The van der Waals surface area contributed by atoms with Crippen molar-refractivity contribution in [2.24, 2.45) is 12.5 Å². The van der Waals surface area contributed by atoms with Gasteiger partial charge in [0.15, 0.2) is 0 Å². The predicted molar refractivity (Wildman–Crippen MR) is 78.0 cm³/mol. The molecule has 0 unspecified atom stereocenters. The van der Waals surface area contributed by atoms with E-state index >= 15 is 0 Å². The Balaban J connectivity index is 2.03. The van der Waals surface area contributed by atoms with Crippen LogP contribution in [0.1, 0.15) is 54.6 Å². The lowest BCUT2D eigenvalue weighted by molar-refractivity contribution is -0.140. The zero-order valence-electron chi connectivity index (χ0n) is 12.7. The van der Waals surface area contributed by atoms with Gasteiger partial charge >= 0.3 is 5.97 Å². The highest BCUT2D eigenvalue weighted by Crippen LogP contribution is 2.38. The second kappa shape index (κ2) is 6.28. The van der Waals surface area contributed by atoms with Gasteiger partial charge in [0.2, 0.25) is 0 Å². The van der Waals surface area contributed by atoms with E-state index in [1.54, 1.807) is 17.9 Å². The van der Waals surface area contributed by atoms with Gasteiger partial charge in [-0.2, -0.15) is 5.10 Å². The van der Waals surface area contributed by atoms with Crippen LogP contribution in [0.3, 0.4) is 0 Å². The zero-order valence-corrected chi connectivity index (χ0v) is 12.7. The topological polar surface area (TPSA) is 84.2 Å². The van der Waals surface area contributed by atoms with Crippen LogP contribution in [-0.4, -0.2) is 33.3 Å². The van der Waals surface area contributed by atoms with Crippen molar-refractivity contribution in [1.29, 1.82) is 0 Å². The molecule has 6 nitrogen and oxygen atoms in total. The smallest absolute Gasteiger partial charge is 0.303 e. The Kier molecular flexibility index (Phi) is 4.65. The molecule has 0 spiro atoms. The van der Waals surface area contributed by atoms with Gasteiger partial charge < -0.3 is 10.4 Å². The minimum absolute atomic E-state index is 0.124. The van der Waals surface area contributed by atoms with Crippen LogP contribution in [0.15, 0.2) is 6.20 Å². The number of nitrogens with one attached hydrogen (secondary N) is 1. The molecule has 2 N–H and O–H groups in total. The first-order valence-corrected chi connectivity index (χ1v) is 7.42. The molecule has 1 amide bonds. The molecule has 116 valence electrons. The van der Waals surface area contributed by atoms with E-state index < -0.39 is 5.97 Å². The second-order valence-corrected chi connectivity index (χ2v) is 6.08. The Labute approximate surface area is 124 Å². The fourth-order valence-corrected chi connectivity index (χ4v) is 3.12. The molecule has 0 aromatic carbocycles. The van der Waals surface area contributed by atoms with Gasteiger partial charge in [-0.1, -0.05) is 19.3 Å². The van der Waals surface area contributed by atoms with Crippen LogP contribution in [-0.2, 0) is 11.8 Å². The average Bonchev–Trinajstić information content (AvgIpc) is 2.77. The van der Waals surface area contributed by atoms with Crippen LogP contribution < -0.4 is 5.32 Å². The monoisotopic (exact) mass is 293 g/mol. The lowest BCUT2D eigenvalue weighted by Gasteiger charge is -2.36. The third-order valence-corrected chi connectivity index (χ3v) is 4.54. The number of hydrogen-bond donors (Lipinski definition) is 2. The van der Waals surface area contributed by atoms with Gasteiger partial charge in [0.1, 0.15) is 0 Å². The van der Waals surface area contributed by atoms with Crippen molar-refractivity contribution in [2.45, 2.75) is 45.4 Å². The molecule has 1 heterocycles. The van der Waals surface area contributed by atoms with E-state index in [1.165, 1.54) is 0 Å². The van der Waals surface area contributed by atoms with Gasteiger partial charge in [0.05, 0.1) is 18.2 Å². The third kappa shape index (κ3) is 3.62.